The Kier molecular flexibility index (Phi) is 8.71. The van der Waals surface area contributed by atoms with Crippen molar-refractivity contribution in [2.24, 2.45) is 22.1 Å². The third kappa shape index (κ3) is 6.21. The van der Waals surface area contributed by atoms with Gasteiger partial charge in [0.05, 0.1) is 6.61 Å². The fourth-order valence-corrected chi connectivity index (χ4v) is 5.97. The minimum atomic E-state index is 0.0706. The highest BCUT2D eigenvalue weighted by molar-refractivity contribution is 8.00. The van der Waals surface area contributed by atoms with Crippen LogP contribution in [0.25, 0.3) is 11.0 Å². The number of rotatable bonds is 11. The Bertz CT molecular complexity index is 1410. The number of ether oxygens (including phenoxy) is 1. The van der Waals surface area contributed by atoms with Crippen LogP contribution in [-0.2, 0) is 13.0 Å². The molecule has 0 radical (unpaired) electrons. The van der Waals surface area contributed by atoms with Crippen molar-refractivity contribution in [3.63, 3.8) is 0 Å². The summed E-state index contributed by atoms with van der Waals surface area (Å²) in [7, 11) is 0. The molecule has 0 aliphatic heterocycles. The van der Waals surface area contributed by atoms with Crippen molar-refractivity contribution in [3.05, 3.63) is 65.1 Å². The smallest absolute Gasteiger partial charge is 0.261 e. The second-order valence-electron chi connectivity index (χ2n) is 9.94. The Balaban J connectivity index is 1.45. The van der Waals surface area contributed by atoms with Crippen LogP contribution >= 0.6 is 11.8 Å². The van der Waals surface area contributed by atoms with Crippen LogP contribution in [0.15, 0.2) is 74.6 Å². The van der Waals surface area contributed by atoms with Gasteiger partial charge in [0.15, 0.2) is 11.4 Å². The number of hydrogen-bond donors (Lipinski definition) is 2. The summed E-state index contributed by atoms with van der Waals surface area (Å²) in [4.78, 5) is 5.07. The third-order valence-corrected chi connectivity index (χ3v) is 8.30. The molecule has 1 fully saturated rings. The van der Waals surface area contributed by atoms with Gasteiger partial charge < -0.3 is 15.1 Å². The lowest BCUT2D eigenvalue weighted by Crippen LogP contribution is -2.14. The standard InChI is InChI=1S/C29H36N8OS/c1-3-5-11-24-32-25-26(29(39-21-16-17-21)35-34-28(25)38-4-2)37(24)18-19-12-14-20(15-13-19)22-9-7-6-8-10-23(22)27(30)33-36-31/h6-7,9-10,12,14-15,19,21H,3-5,8,11,13,16-18H2,1-2H3,(H3,30,31,33). The number of hydrogen-bond acceptors (Lipinski definition) is 7. The van der Waals surface area contributed by atoms with Crippen LogP contribution in [0.3, 0.4) is 0 Å². The second kappa shape index (κ2) is 12.5. The molecule has 39 heavy (non-hydrogen) atoms. The molecule has 1 atom stereocenters. The van der Waals surface area contributed by atoms with Crippen molar-refractivity contribution >= 4 is 28.6 Å². The first kappa shape index (κ1) is 27.1. The highest BCUT2D eigenvalue weighted by atomic mass is 32.2. The van der Waals surface area contributed by atoms with Crippen LogP contribution in [0.1, 0.15) is 58.2 Å². The van der Waals surface area contributed by atoms with Crippen LogP contribution < -0.4 is 10.6 Å². The first-order valence-corrected chi connectivity index (χ1v) is 14.7. The first-order chi connectivity index (χ1) is 19.1. The maximum Gasteiger partial charge on any atom is 0.261 e. The highest BCUT2D eigenvalue weighted by Gasteiger charge is 2.28. The number of nitrogens with zero attached hydrogens (tertiary/aromatic N) is 6. The van der Waals surface area contributed by atoms with Gasteiger partial charge in [0, 0.05) is 23.8 Å². The molecule has 0 saturated heterocycles. The van der Waals surface area contributed by atoms with Gasteiger partial charge in [0.1, 0.15) is 16.4 Å². The molecule has 2 heterocycles. The number of aryl methyl sites for hydroxylation is 1. The van der Waals surface area contributed by atoms with E-state index >= 15 is 0 Å². The lowest BCUT2D eigenvalue weighted by Gasteiger charge is -2.21. The molecular formula is C29H36N8OS. The summed E-state index contributed by atoms with van der Waals surface area (Å²) in [5.74, 6) is 7.20. The average Bonchev–Trinajstić information content (AvgIpc) is 3.73. The minimum absolute atomic E-state index is 0.0706. The maximum absolute atomic E-state index is 8.31. The van der Waals surface area contributed by atoms with E-state index in [0.717, 1.165) is 77.3 Å². The van der Waals surface area contributed by atoms with Crippen LogP contribution in [0.4, 0.5) is 0 Å². The molecule has 2 aromatic rings. The van der Waals surface area contributed by atoms with Gasteiger partial charge in [-0.15, -0.1) is 15.3 Å². The molecule has 2 aromatic heterocycles. The second-order valence-corrected chi connectivity index (χ2v) is 11.2. The van der Waals surface area contributed by atoms with Gasteiger partial charge in [0.2, 0.25) is 0 Å². The molecule has 3 aliphatic carbocycles. The predicted octanol–water partition coefficient (Wildman–Crippen LogP) is 6.44. The van der Waals surface area contributed by atoms with Gasteiger partial charge in [0.25, 0.3) is 5.88 Å². The minimum Gasteiger partial charge on any atom is -0.475 e. The summed E-state index contributed by atoms with van der Waals surface area (Å²) in [6, 6.07) is 0. The Labute approximate surface area is 233 Å². The molecule has 9 nitrogen and oxygen atoms in total. The number of allylic oxidation sites excluding steroid dienone is 8. The van der Waals surface area contributed by atoms with Crippen molar-refractivity contribution in [3.8, 4) is 5.88 Å². The lowest BCUT2D eigenvalue weighted by atomic mass is 9.89. The molecule has 0 bridgehead atoms. The molecule has 3 N–H and O–H groups in total. The van der Waals surface area contributed by atoms with Gasteiger partial charge in [-0.2, -0.15) is 0 Å². The van der Waals surface area contributed by atoms with E-state index in [-0.39, 0.29) is 5.84 Å². The number of thioether (sulfide) groups is 1. The molecular weight excluding hydrogens is 508 g/mol. The SMILES string of the molecule is CCCCc1nc2c(OCC)nnc(SC3CC3)c2n1CC1C=CC(C2=CC=CCC=C2C(=N)N=NN)=CC1. The van der Waals surface area contributed by atoms with E-state index in [1.165, 1.54) is 12.8 Å². The third-order valence-electron chi connectivity index (χ3n) is 7.00. The van der Waals surface area contributed by atoms with Gasteiger partial charge >= 0.3 is 0 Å². The number of fused-ring (bicyclic) bond motifs is 1. The molecule has 10 heteroatoms. The van der Waals surface area contributed by atoms with E-state index in [2.05, 4.69) is 56.3 Å². The van der Waals surface area contributed by atoms with E-state index in [0.29, 0.717) is 23.7 Å². The molecule has 204 valence electrons. The van der Waals surface area contributed by atoms with Gasteiger partial charge in [-0.3, -0.25) is 5.41 Å². The fourth-order valence-electron chi connectivity index (χ4n) is 4.88. The lowest BCUT2D eigenvalue weighted by molar-refractivity contribution is 0.325. The van der Waals surface area contributed by atoms with E-state index < -0.39 is 0 Å². The Morgan fingerprint density at radius 2 is 2.13 bits per heavy atom. The Morgan fingerprint density at radius 1 is 1.26 bits per heavy atom. The number of aromatic nitrogens is 4. The van der Waals surface area contributed by atoms with Crippen molar-refractivity contribution in [1.29, 1.82) is 5.41 Å². The highest BCUT2D eigenvalue weighted by Crippen LogP contribution is 2.42. The van der Waals surface area contributed by atoms with Crippen LogP contribution in [0.5, 0.6) is 5.88 Å². The summed E-state index contributed by atoms with van der Waals surface area (Å²) in [6.45, 7) is 5.51. The molecule has 0 aromatic carbocycles. The number of amidine groups is 1. The number of unbranched alkanes of at least 4 members (excludes halogenated alkanes) is 1. The van der Waals surface area contributed by atoms with Crippen molar-refractivity contribution in [2.75, 3.05) is 6.61 Å². The fraction of sp³-hybridized carbons (Fsp3) is 0.448. The topological polar surface area (TPSA) is 127 Å². The molecule has 1 unspecified atom stereocenters. The molecule has 1 saturated carbocycles. The average molecular weight is 545 g/mol. The normalized spacial score (nSPS) is 19.2. The number of nitrogens with one attached hydrogen (secondary N) is 1. The van der Waals surface area contributed by atoms with E-state index in [1.807, 2.05) is 36.9 Å². The van der Waals surface area contributed by atoms with Crippen molar-refractivity contribution < 1.29 is 4.74 Å². The van der Waals surface area contributed by atoms with Gasteiger partial charge in [-0.05, 0) is 56.1 Å². The van der Waals surface area contributed by atoms with Crippen molar-refractivity contribution in [1.82, 2.24) is 19.7 Å². The van der Waals surface area contributed by atoms with E-state index in [4.69, 9.17) is 21.0 Å². The predicted molar refractivity (Wildman–Crippen MR) is 156 cm³/mol. The van der Waals surface area contributed by atoms with E-state index in [1.54, 1.807) is 0 Å². The molecule has 3 aliphatic rings. The Hall–Kier alpha value is -3.53. The first-order valence-electron chi connectivity index (χ1n) is 13.8. The zero-order chi connectivity index (χ0) is 27.2. The molecule has 5 rings (SSSR count). The number of nitrogens with two attached hydrogens (primary N) is 1. The van der Waals surface area contributed by atoms with Crippen LogP contribution in [0, 0.1) is 11.3 Å². The summed E-state index contributed by atoms with van der Waals surface area (Å²) in [5.41, 5.74) is 4.68. The largest absolute Gasteiger partial charge is 0.475 e. The maximum atomic E-state index is 8.31. The monoisotopic (exact) mass is 544 g/mol. The zero-order valence-electron chi connectivity index (χ0n) is 22.6. The van der Waals surface area contributed by atoms with Crippen LogP contribution in [-0.4, -0.2) is 37.4 Å². The molecule has 0 spiro atoms. The number of imidazole rings is 1. The van der Waals surface area contributed by atoms with E-state index in [9.17, 15) is 0 Å². The van der Waals surface area contributed by atoms with Crippen LogP contribution in [0.2, 0.25) is 0 Å². The zero-order valence-corrected chi connectivity index (χ0v) is 23.5. The summed E-state index contributed by atoms with van der Waals surface area (Å²) >= 11 is 1.82. The van der Waals surface area contributed by atoms with Gasteiger partial charge in [-0.1, -0.05) is 72.9 Å². The molecule has 0 amide bonds. The summed E-state index contributed by atoms with van der Waals surface area (Å²) < 4.78 is 8.23. The summed E-state index contributed by atoms with van der Waals surface area (Å²) in [5, 5.41) is 26.0. The quantitative estimate of drug-likeness (QED) is 0.110. The van der Waals surface area contributed by atoms with Gasteiger partial charge in [-0.25, -0.2) is 4.98 Å². The Morgan fingerprint density at radius 3 is 2.85 bits per heavy atom. The van der Waals surface area contributed by atoms with Crippen molar-refractivity contribution in [2.45, 2.75) is 75.6 Å². The summed E-state index contributed by atoms with van der Waals surface area (Å²) in [6.07, 6.45) is 22.0.